The van der Waals surface area contributed by atoms with Crippen molar-refractivity contribution in [1.29, 1.82) is 0 Å². The fourth-order valence-corrected chi connectivity index (χ4v) is 4.04. The van der Waals surface area contributed by atoms with E-state index in [0.717, 1.165) is 5.56 Å². The summed E-state index contributed by atoms with van der Waals surface area (Å²) < 4.78 is 6.57. The average Bonchev–Trinajstić information content (AvgIpc) is 2.86. The van der Waals surface area contributed by atoms with Gasteiger partial charge in [0.1, 0.15) is 12.4 Å². The van der Waals surface area contributed by atoms with Gasteiger partial charge in [0.15, 0.2) is 0 Å². The third kappa shape index (κ3) is 5.81. The molecule has 0 spiro atoms. The molecule has 0 aliphatic rings. The van der Waals surface area contributed by atoms with E-state index in [1.165, 1.54) is 0 Å². The predicted molar refractivity (Wildman–Crippen MR) is 132 cm³/mol. The van der Waals surface area contributed by atoms with Gasteiger partial charge < -0.3 is 15.0 Å². The Bertz CT molecular complexity index is 1180. The summed E-state index contributed by atoms with van der Waals surface area (Å²) >= 11 is 0. The van der Waals surface area contributed by atoms with Gasteiger partial charge in [-0.25, -0.2) is 9.78 Å². The first-order valence-electron chi connectivity index (χ1n) is 11.7. The number of para-hydroxylation sites is 1. The highest BCUT2D eigenvalue weighted by molar-refractivity contribution is 5.81. The Morgan fingerprint density at radius 2 is 1.76 bits per heavy atom. The molecule has 1 N–H and O–H groups in total. The second-order valence-electron chi connectivity index (χ2n) is 7.85. The maximum atomic E-state index is 13.3. The number of esters is 1. The number of fused-ring (bicyclic) bond motifs is 1. The lowest BCUT2D eigenvalue weighted by Crippen LogP contribution is -2.46. The number of carbonyl (C=O) groups is 2. The van der Waals surface area contributed by atoms with Crippen molar-refractivity contribution >= 4 is 22.9 Å². The minimum atomic E-state index is -0.499. The van der Waals surface area contributed by atoms with Crippen LogP contribution in [0.25, 0.3) is 10.9 Å². The Balaban J connectivity index is 1.99. The number of ether oxygens (including phenoxy) is 1. The minimum Gasteiger partial charge on any atom is -0.465 e. The van der Waals surface area contributed by atoms with E-state index in [9.17, 15) is 14.4 Å². The van der Waals surface area contributed by atoms with Crippen LogP contribution in [0.1, 0.15) is 44.6 Å². The SMILES string of the molecule is CCOC(=O)CNC(=O)N(CCc1ccccc1)C(CC)c1nc2ccccc2c(=O)n1CC. The van der Waals surface area contributed by atoms with Gasteiger partial charge in [0.2, 0.25) is 0 Å². The highest BCUT2D eigenvalue weighted by Crippen LogP contribution is 2.24. The summed E-state index contributed by atoms with van der Waals surface area (Å²) in [4.78, 5) is 44.8. The van der Waals surface area contributed by atoms with Crippen molar-refractivity contribution in [2.45, 2.75) is 46.2 Å². The first kappa shape index (κ1) is 25.0. The van der Waals surface area contributed by atoms with Crippen LogP contribution in [0.5, 0.6) is 0 Å². The van der Waals surface area contributed by atoms with E-state index in [1.807, 2.05) is 62.4 Å². The highest BCUT2D eigenvalue weighted by atomic mass is 16.5. The molecule has 2 aromatic carbocycles. The Labute approximate surface area is 199 Å². The molecule has 8 nitrogen and oxygen atoms in total. The van der Waals surface area contributed by atoms with Gasteiger partial charge in [-0.2, -0.15) is 0 Å². The topological polar surface area (TPSA) is 93.5 Å². The zero-order valence-electron chi connectivity index (χ0n) is 20.0. The molecular weight excluding hydrogens is 432 g/mol. The molecule has 0 bridgehead atoms. The van der Waals surface area contributed by atoms with Crippen LogP contribution >= 0.6 is 0 Å². The van der Waals surface area contributed by atoms with Crippen molar-refractivity contribution in [1.82, 2.24) is 19.8 Å². The molecule has 0 radical (unpaired) electrons. The molecule has 0 fully saturated rings. The van der Waals surface area contributed by atoms with Gasteiger partial charge in [-0.1, -0.05) is 49.4 Å². The number of carbonyl (C=O) groups excluding carboxylic acids is 2. The van der Waals surface area contributed by atoms with Crippen molar-refractivity contribution in [3.8, 4) is 0 Å². The summed E-state index contributed by atoms with van der Waals surface area (Å²) in [7, 11) is 0. The number of amides is 2. The fraction of sp³-hybridized carbons (Fsp3) is 0.385. The monoisotopic (exact) mass is 464 g/mol. The van der Waals surface area contributed by atoms with Crippen molar-refractivity contribution in [3.05, 3.63) is 76.3 Å². The Kier molecular flexibility index (Phi) is 8.79. The van der Waals surface area contributed by atoms with E-state index in [2.05, 4.69) is 5.32 Å². The minimum absolute atomic E-state index is 0.128. The molecule has 0 aliphatic heterocycles. The Morgan fingerprint density at radius 3 is 2.44 bits per heavy atom. The predicted octanol–water partition coefficient (Wildman–Crippen LogP) is 3.68. The summed E-state index contributed by atoms with van der Waals surface area (Å²) in [6.45, 7) is 6.41. The molecule has 180 valence electrons. The van der Waals surface area contributed by atoms with Crippen molar-refractivity contribution < 1.29 is 14.3 Å². The van der Waals surface area contributed by atoms with Crippen LogP contribution in [-0.2, 0) is 22.5 Å². The first-order chi connectivity index (χ1) is 16.5. The number of urea groups is 1. The number of aromatic nitrogens is 2. The Hall–Kier alpha value is -3.68. The lowest BCUT2D eigenvalue weighted by atomic mass is 10.1. The number of rotatable bonds is 10. The molecule has 0 saturated heterocycles. The normalized spacial score (nSPS) is 11.7. The highest BCUT2D eigenvalue weighted by Gasteiger charge is 2.28. The van der Waals surface area contributed by atoms with Gasteiger partial charge >= 0.3 is 12.0 Å². The van der Waals surface area contributed by atoms with E-state index in [-0.39, 0.29) is 18.7 Å². The summed E-state index contributed by atoms with van der Waals surface area (Å²) in [6, 6.07) is 16.2. The largest absolute Gasteiger partial charge is 0.465 e. The van der Waals surface area contributed by atoms with E-state index < -0.39 is 18.0 Å². The van der Waals surface area contributed by atoms with Gasteiger partial charge in [-0.05, 0) is 44.4 Å². The molecule has 34 heavy (non-hydrogen) atoms. The lowest BCUT2D eigenvalue weighted by Gasteiger charge is -2.32. The molecule has 1 heterocycles. The Morgan fingerprint density at radius 1 is 1.06 bits per heavy atom. The quantitative estimate of drug-likeness (QED) is 0.462. The van der Waals surface area contributed by atoms with Crippen LogP contribution in [0.15, 0.2) is 59.4 Å². The number of hydrogen-bond acceptors (Lipinski definition) is 5. The van der Waals surface area contributed by atoms with Gasteiger partial charge in [0.05, 0.1) is 23.6 Å². The average molecular weight is 465 g/mol. The summed E-state index contributed by atoms with van der Waals surface area (Å²) in [5, 5.41) is 3.22. The standard InChI is InChI=1S/C26H32N4O4/c1-4-22(24-28-21-15-11-10-14-20(21)25(32)29(24)5-2)30(17-16-19-12-8-7-9-13-19)26(33)27-18-23(31)34-6-3/h7-15,22H,4-6,16-18H2,1-3H3,(H,27,33). The number of benzene rings is 2. The van der Waals surface area contributed by atoms with Crippen molar-refractivity contribution in [3.63, 3.8) is 0 Å². The maximum absolute atomic E-state index is 13.3. The van der Waals surface area contributed by atoms with Gasteiger partial charge in [0, 0.05) is 13.1 Å². The van der Waals surface area contributed by atoms with E-state index in [1.54, 1.807) is 22.5 Å². The molecule has 1 atom stereocenters. The van der Waals surface area contributed by atoms with Crippen LogP contribution in [0.4, 0.5) is 4.79 Å². The zero-order valence-corrected chi connectivity index (χ0v) is 20.0. The van der Waals surface area contributed by atoms with E-state index in [4.69, 9.17) is 9.72 Å². The fourth-order valence-electron chi connectivity index (χ4n) is 4.04. The third-order valence-electron chi connectivity index (χ3n) is 5.70. The second-order valence-corrected chi connectivity index (χ2v) is 7.85. The van der Waals surface area contributed by atoms with Crippen LogP contribution in [0.3, 0.4) is 0 Å². The van der Waals surface area contributed by atoms with Crippen LogP contribution in [-0.4, -0.2) is 46.1 Å². The van der Waals surface area contributed by atoms with Crippen molar-refractivity contribution in [2.24, 2.45) is 0 Å². The summed E-state index contributed by atoms with van der Waals surface area (Å²) in [5.74, 6) is 0.0363. The van der Waals surface area contributed by atoms with E-state index in [0.29, 0.717) is 42.7 Å². The number of hydrogen-bond donors (Lipinski definition) is 1. The summed E-state index contributed by atoms with van der Waals surface area (Å²) in [6.07, 6.45) is 1.17. The molecule has 3 rings (SSSR count). The number of nitrogens with one attached hydrogen (secondary N) is 1. The van der Waals surface area contributed by atoms with Crippen LogP contribution in [0.2, 0.25) is 0 Å². The molecule has 2 amide bonds. The van der Waals surface area contributed by atoms with Gasteiger partial charge in [-0.3, -0.25) is 14.2 Å². The lowest BCUT2D eigenvalue weighted by molar-refractivity contribution is -0.141. The second kappa shape index (κ2) is 12.0. The molecule has 0 aliphatic carbocycles. The van der Waals surface area contributed by atoms with Crippen LogP contribution in [0, 0.1) is 0 Å². The molecule has 3 aromatic rings. The molecule has 0 saturated carbocycles. The number of nitrogens with zero attached hydrogens (tertiary/aromatic N) is 3. The van der Waals surface area contributed by atoms with E-state index >= 15 is 0 Å². The molecular formula is C26H32N4O4. The smallest absolute Gasteiger partial charge is 0.325 e. The van der Waals surface area contributed by atoms with Gasteiger partial charge in [-0.15, -0.1) is 0 Å². The molecule has 1 aromatic heterocycles. The molecule has 8 heteroatoms. The van der Waals surface area contributed by atoms with Gasteiger partial charge in [0.25, 0.3) is 5.56 Å². The molecule has 1 unspecified atom stereocenters. The first-order valence-corrected chi connectivity index (χ1v) is 11.7. The third-order valence-corrected chi connectivity index (χ3v) is 5.70. The zero-order chi connectivity index (χ0) is 24.5. The maximum Gasteiger partial charge on any atom is 0.325 e. The van der Waals surface area contributed by atoms with Crippen molar-refractivity contribution in [2.75, 3.05) is 19.7 Å². The summed E-state index contributed by atoms with van der Waals surface area (Å²) in [5.41, 5.74) is 1.55. The van der Waals surface area contributed by atoms with Crippen LogP contribution < -0.4 is 10.9 Å².